The Morgan fingerprint density at radius 1 is 1.33 bits per heavy atom. The van der Waals surface area contributed by atoms with E-state index in [4.69, 9.17) is 5.11 Å². The van der Waals surface area contributed by atoms with E-state index in [1.54, 1.807) is 37.3 Å². The summed E-state index contributed by atoms with van der Waals surface area (Å²) in [6.07, 6.45) is 0.235. The molecule has 1 aromatic carbocycles. The van der Waals surface area contributed by atoms with Gasteiger partial charge in [-0.3, -0.25) is 9.36 Å². The second kappa shape index (κ2) is 6.17. The van der Waals surface area contributed by atoms with Gasteiger partial charge in [0.15, 0.2) is 0 Å². The lowest BCUT2D eigenvalue weighted by Crippen LogP contribution is -2.13. The maximum Gasteiger partial charge on any atom is 0.304 e. The summed E-state index contributed by atoms with van der Waals surface area (Å²) in [5, 5.41) is 8.93. The van der Waals surface area contributed by atoms with E-state index < -0.39 is 24.7 Å². The summed E-state index contributed by atoms with van der Waals surface area (Å²) in [6.45, 7) is 3.52. The average Bonchev–Trinajstić information content (AvgIpc) is 2.35. The summed E-state index contributed by atoms with van der Waals surface area (Å²) in [7, 11) is -3.55. The SMILES string of the molecule is CCC(C)P(=O)(O)C(CC(=O)O)c1ccccc1. The molecular formula is C13H19O4P. The van der Waals surface area contributed by atoms with Crippen LogP contribution in [-0.2, 0) is 9.36 Å². The molecule has 0 heterocycles. The van der Waals surface area contributed by atoms with Crippen LogP contribution < -0.4 is 0 Å². The molecule has 1 rings (SSSR count). The van der Waals surface area contributed by atoms with Gasteiger partial charge in [0, 0.05) is 5.66 Å². The van der Waals surface area contributed by atoms with Crippen molar-refractivity contribution in [1.82, 2.24) is 0 Å². The number of carboxylic acid groups (broad SMARTS) is 1. The molecule has 0 aliphatic heterocycles. The summed E-state index contributed by atoms with van der Waals surface area (Å²) >= 11 is 0. The molecule has 0 radical (unpaired) electrons. The highest BCUT2D eigenvalue weighted by Crippen LogP contribution is 2.61. The molecule has 0 saturated heterocycles. The second-order valence-corrected chi connectivity index (χ2v) is 7.30. The van der Waals surface area contributed by atoms with Crippen LogP contribution in [0.15, 0.2) is 30.3 Å². The number of benzene rings is 1. The fourth-order valence-corrected chi connectivity index (χ4v) is 4.03. The van der Waals surface area contributed by atoms with E-state index >= 15 is 0 Å². The lowest BCUT2D eigenvalue weighted by atomic mass is 10.1. The third-order valence-electron chi connectivity index (χ3n) is 3.22. The average molecular weight is 270 g/mol. The van der Waals surface area contributed by atoms with Crippen molar-refractivity contribution in [3.63, 3.8) is 0 Å². The van der Waals surface area contributed by atoms with Crippen molar-refractivity contribution in [3.05, 3.63) is 35.9 Å². The number of hydrogen-bond donors (Lipinski definition) is 2. The van der Waals surface area contributed by atoms with Crippen LogP contribution in [0.4, 0.5) is 0 Å². The molecule has 5 heteroatoms. The Morgan fingerprint density at radius 2 is 1.89 bits per heavy atom. The Kier molecular flexibility index (Phi) is 5.12. The molecular weight excluding hydrogens is 251 g/mol. The standard InChI is InChI=1S/C13H19O4P/c1-3-10(2)18(16,17)12(9-13(14)15)11-7-5-4-6-8-11/h4-8,10,12H,3,9H2,1-2H3,(H,14,15)(H,16,17). The summed E-state index contributed by atoms with van der Waals surface area (Å²) in [5.74, 6) is -1.05. The Hall–Kier alpha value is -1.12. The maximum atomic E-state index is 12.5. The van der Waals surface area contributed by atoms with Crippen LogP contribution in [0.5, 0.6) is 0 Å². The van der Waals surface area contributed by atoms with Crippen LogP contribution in [0, 0.1) is 0 Å². The van der Waals surface area contributed by atoms with E-state index in [0.29, 0.717) is 12.0 Å². The molecule has 0 aliphatic rings. The molecule has 3 atom stereocenters. The van der Waals surface area contributed by atoms with Gasteiger partial charge < -0.3 is 10.00 Å². The molecule has 0 spiro atoms. The fourth-order valence-electron chi connectivity index (χ4n) is 1.87. The van der Waals surface area contributed by atoms with Crippen molar-refractivity contribution < 1.29 is 19.4 Å². The van der Waals surface area contributed by atoms with Gasteiger partial charge in [0.2, 0.25) is 7.37 Å². The summed E-state index contributed by atoms with van der Waals surface area (Å²) in [4.78, 5) is 21.1. The van der Waals surface area contributed by atoms with Gasteiger partial charge in [-0.25, -0.2) is 0 Å². The number of carboxylic acids is 1. The molecule has 2 N–H and O–H groups in total. The quantitative estimate of drug-likeness (QED) is 0.778. The number of carbonyl (C=O) groups is 1. The number of hydrogen-bond acceptors (Lipinski definition) is 2. The van der Waals surface area contributed by atoms with Crippen molar-refractivity contribution in [2.45, 2.75) is 38.0 Å². The molecule has 3 unspecified atom stereocenters. The zero-order chi connectivity index (χ0) is 13.8. The first-order valence-electron chi connectivity index (χ1n) is 5.98. The molecule has 0 amide bonds. The van der Waals surface area contributed by atoms with Crippen LogP contribution >= 0.6 is 7.37 Å². The van der Waals surface area contributed by atoms with Gasteiger partial charge in [-0.2, -0.15) is 0 Å². The van der Waals surface area contributed by atoms with Crippen LogP contribution in [0.25, 0.3) is 0 Å². The van der Waals surface area contributed by atoms with Crippen LogP contribution in [0.2, 0.25) is 0 Å². The minimum atomic E-state index is -3.55. The predicted molar refractivity (Wildman–Crippen MR) is 71.0 cm³/mol. The van der Waals surface area contributed by atoms with E-state index in [-0.39, 0.29) is 6.42 Å². The van der Waals surface area contributed by atoms with Crippen molar-refractivity contribution in [1.29, 1.82) is 0 Å². The largest absolute Gasteiger partial charge is 0.481 e. The first-order valence-corrected chi connectivity index (χ1v) is 7.78. The van der Waals surface area contributed by atoms with Crippen LogP contribution in [-0.4, -0.2) is 21.6 Å². The highest BCUT2D eigenvalue weighted by atomic mass is 31.2. The molecule has 1 aromatic rings. The van der Waals surface area contributed by atoms with Gasteiger partial charge in [-0.05, 0) is 12.0 Å². The monoisotopic (exact) mass is 270 g/mol. The third kappa shape index (κ3) is 3.44. The fraction of sp³-hybridized carbons (Fsp3) is 0.462. The highest BCUT2D eigenvalue weighted by Gasteiger charge is 2.37. The summed E-state index contributed by atoms with van der Waals surface area (Å²) < 4.78 is 12.5. The van der Waals surface area contributed by atoms with Gasteiger partial charge in [0.25, 0.3) is 0 Å². The Balaban J connectivity index is 3.14. The van der Waals surface area contributed by atoms with Crippen LogP contribution in [0.3, 0.4) is 0 Å². The number of aliphatic carboxylic acids is 1. The van der Waals surface area contributed by atoms with E-state index in [2.05, 4.69) is 0 Å². The van der Waals surface area contributed by atoms with Gasteiger partial charge >= 0.3 is 5.97 Å². The molecule has 0 fully saturated rings. The van der Waals surface area contributed by atoms with E-state index in [1.165, 1.54) is 0 Å². The Morgan fingerprint density at radius 3 is 2.33 bits per heavy atom. The van der Waals surface area contributed by atoms with E-state index in [0.717, 1.165) is 0 Å². The van der Waals surface area contributed by atoms with Crippen molar-refractivity contribution in [3.8, 4) is 0 Å². The predicted octanol–water partition coefficient (Wildman–Crippen LogP) is 3.27. The molecule has 100 valence electrons. The first kappa shape index (κ1) is 14.9. The smallest absolute Gasteiger partial charge is 0.304 e. The molecule has 18 heavy (non-hydrogen) atoms. The molecule has 0 aliphatic carbocycles. The lowest BCUT2D eigenvalue weighted by Gasteiger charge is -2.26. The van der Waals surface area contributed by atoms with Gasteiger partial charge in [0.05, 0.1) is 12.1 Å². The van der Waals surface area contributed by atoms with Crippen molar-refractivity contribution in [2.75, 3.05) is 0 Å². The van der Waals surface area contributed by atoms with E-state index in [9.17, 15) is 14.3 Å². The van der Waals surface area contributed by atoms with Crippen molar-refractivity contribution >= 4 is 13.3 Å². The van der Waals surface area contributed by atoms with E-state index in [1.807, 2.05) is 6.92 Å². The summed E-state index contributed by atoms with van der Waals surface area (Å²) in [5.41, 5.74) is -0.612. The minimum Gasteiger partial charge on any atom is -0.481 e. The zero-order valence-corrected chi connectivity index (χ0v) is 11.5. The zero-order valence-electron chi connectivity index (χ0n) is 10.6. The van der Waals surface area contributed by atoms with Gasteiger partial charge in [0.1, 0.15) is 0 Å². The minimum absolute atomic E-state index is 0.317. The second-order valence-electron chi connectivity index (χ2n) is 4.45. The molecule has 0 aromatic heterocycles. The number of rotatable bonds is 6. The normalized spacial score (nSPS) is 17.7. The first-order chi connectivity index (χ1) is 8.39. The molecule has 0 bridgehead atoms. The topological polar surface area (TPSA) is 74.6 Å². The Bertz CT molecular complexity index is 444. The molecule has 0 saturated carbocycles. The molecule has 4 nitrogen and oxygen atoms in total. The highest BCUT2D eigenvalue weighted by molar-refractivity contribution is 7.59. The lowest BCUT2D eigenvalue weighted by molar-refractivity contribution is -0.137. The van der Waals surface area contributed by atoms with Crippen LogP contribution in [0.1, 0.15) is 37.9 Å². The maximum absolute atomic E-state index is 12.5. The third-order valence-corrected chi connectivity index (χ3v) is 6.22. The van der Waals surface area contributed by atoms with Gasteiger partial charge in [-0.1, -0.05) is 44.2 Å². The van der Waals surface area contributed by atoms with Crippen molar-refractivity contribution in [2.24, 2.45) is 0 Å². The Labute approximate surface area is 107 Å². The van der Waals surface area contributed by atoms with Gasteiger partial charge in [-0.15, -0.1) is 0 Å². The summed E-state index contributed by atoms with van der Waals surface area (Å²) in [6, 6.07) is 8.71.